The average molecular weight is 284 g/mol. The zero-order chi connectivity index (χ0) is 10.3. The molecule has 0 amide bonds. The highest BCUT2D eigenvalue weighted by Gasteiger charge is 2.26. The molecule has 1 aliphatic rings. The molecule has 2 aromatic rings. The van der Waals surface area contributed by atoms with Crippen molar-refractivity contribution in [2.75, 3.05) is 6.54 Å². The Kier molecular flexibility index (Phi) is 2.42. The lowest BCUT2D eigenvalue weighted by Gasteiger charge is -2.22. The molecular formula is C11H10BrNOS. The Morgan fingerprint density at radius 2 is 2.40 bits per heavy atom. The van der Waals surface area contributed by atoms with E-state index < -0.39 is 0 Å². The smallest absolute Gasteiger partial charge is 0.128 e. The second-order valence-corrected chi connectivity index (χ2v) is 5.83. The van der Waals surface area contributed by atoms with Crippen LogP contribution in [0.4, 0.5) is 0 Å². The Balaban J connectivity index is 2.07. The SMILES string of the molecule is Brc1sccc1C1NCCc2ccoc21. The fourth-order valence-corrected chi connectivity index (χ4v) is 3.35. The Morgan fingerprint density at radius 1 is 1.47 bits per heavy atom. The maximum absolute atomic E-state index is 5.57. The van der Waals surface area contributed by atoms with E-state index in [9.17, 15) is 0 Å². The number of fused-ring (bicyclic) bond motifs is 1. The monoisotopic (exact) mass is 283 g/mol. The molecule has 0 saturated carbocycles. The molecular weight excluding hydrogens is 274 g/mol. The van der Waals surface area contributed by atoms with Gasteiger partial charge < -0.3 is 9.73 Å². The summed E-state index contributed by atoms with van der Waals surface area (Å²) < 4.78 is 6.75. The predicted octanol–water partition coefficient (Wildman–Crippen LogP) is 3.34. The fourth-order valence-electron chi connectivity index (χ4n) is 2.01. The van der Waals surface area contributed by atoms with Gasteiger partial charge in [0.15, 0.2) is 0 Å². The van der Waals surface area contributed by atoms with Crippen molar-refractivity contribution in [3.8, 4) is 0 Å². The van der Waals surface area contributed by atoms with Gasteiger partial charge in [0, 0.05) is 12.1 Å². The van der Waals surface area contributed by atoms with Gasteiger partial charge in [-0.05, 0) is 45.4 Å². The molecule has 2 aromatic heterocycles. The summed E-state index contributed by atoms with van der Waals surface area (Å²) in [7, 11) is 0. The first-order valence-electron chi connectivity index (χ1n) is 4.89. The number of thiophene rings is 1. The molecule has 0 radical (unpaired) electrons. The third kappa shape index (κ3) is 1.57. The van der Waals surface area contributed by atoms with Crippen LogP contribution in [0, 0.1) is 0 Å². The van der Waals surface area contributed by atoms with Crippen LogP contribution in [0.25, 0.3) is 0 Å². The summed E-state index contributed by atoms with van der Waals surface area (Å²) in [6.45, 7) is 1.01. The number of furan rings is 1. The van der Waals surface area contributed by atoms with Crippen molar-refractivity contribution in [2.24, 2.45) is 0 Å². The van der Waals surface area contributed by atoms with Gasteiger partial charge in [-0.3, -0.25) is 0 Å². The number of halogens is 1. The Morgan fingerprint density at radius 3 is 3.20 bits per heavy atom. The highest BCUT2D eigenvalue weighted by Crippen LogP contribution is 2.35. The first-order valence-corrected chi connectivity index (χ1v) is 6.56. The minimum absolute atomic E-state index is 0.212. The van der Waals surface area contributed by atoms with Crippen molar-refractivity contribution in [1.29, 1.82) is 0 Å². The molecule has 1 unspecified atom stereocenters. The van der Waals surface area contributed by atoms with Crippen molar-refractivity contribution >= 4 is 27.3 Å². The van der Waals surface area contributed by atoms with Crippen LogP contribution >= 0.6 is 27.3 Å². The van der Waals surface area contributed by atoms with E-state index in [1.807, 2.05) is 0 Å². The first-order chi connectivity index (χ1) is 7.36. The molecule has 0 spiro atoms. The molecule has 0 fully saturated rings. The highest BCUT2D eigenvalue weighted by atomic mass is 79.9. The van der Waals surface area contributed by atoms with Crippen LogP contribution in [0.15, 0.2) is 32.0 Å². The van der Waals surface area contributed by atoms with Gasteiger partial charge in [-0.2, -0.15) is 0 Å². The van der Waals surface area contributed by atoms with E-state index in [4.69, 9.17) is 4.42 Å². The van der Waals surface area contributed by atoms with E-state index in [2.05, 4.69) is 38.8 Å². The van der Waals surface area contributed by atoms with E-state index in [0.29, 0.717) is 0 Å². The molecule has 15 heavy (non-hydrogen) atoms. The molecule has 78 valence electrons. The summed E-state index contributed by atoms with van der Waals surface area (Å²) in [6, 6.07) is 4.43. The number of nitrogens with one attached hydrogen (secondary N) is 1. The van der Waals surface area contributed by atoms with E-state index in [0.717, 1.165) is 18.7 Å². The van der Waals surface area contributed by atoms with E-state index in [1.54, 1.807) is 17.6 Å². The van der Waals surface area contributed by atoms with Gasteiger partial charge in [0.2, 0.25) is 0 Å². The molecule has 1 atom stereocenters. The molecule has 3 rings (SSSR count). The van der Waals surface area contributed by atoms with E-state index in [1.165, 1.54) is 14.9 Å². The van der Waals surface area contributed by atoms with Gasteiger partial charge in [0.1, 0.15) is 5.76 Å². The second-order valence-electron chi connectivity index (χ2n) is 3.60. The zero-order valence-corrected chi connectivity index (χ0v) is 10.4. The average Bonchev–Trinajstić information content (AvgIpc) is 2.85. The zero-order valence-electron chi connectivity index (χ0n) is 8.00. The van der Waals surface area contributed by atoms with Gasteiger partial charge in [-0.1, -0.05) is 0 Å². The minimum Gasteiger partial charge on any atom is -0.467 e. The minimum atomic E-state index is 0.212. The number of hydrogen-bond donors (Lipinski definition) is 1. The van der Waals surface area contributed by atoms with Gasteiger partial charge in [0.25, 0.3) is 0 Å². The molecule has 1 aliphatic heterocycles. The van der Waals surface area contributed by atoms with Crippen molar-refractivity contribution in [3.05, 3.63) is 44.4 Å². The third-order valence-electron chi connectivity index (χ3n) is 2.74. The van der Waals surface area contributed by atoms with Crippen LogP contribution < -0.4 is 5.32 Å². The van der Waals surface area contributed by atoms with Crippen molar-refractivity contribution < 1.29 is 4.42 Å². The maximum atomic E-state index is 5.57. The molecule has 0 aromatic carbocycles. The summed E-state index contributed by atoms with van der Waals surface area (Å²) in [4.78, 5) is 0. The van der Waals surface area contributed by atoms with Gasteiger partial charge in [0.05, 0.1) is 16.1 Å². The summed E-state index contributed by atoms with van der Waals surface area (Å²) in [6.07, 6.45) is 2.84. The third-order valence-corrected chi connectivity index (χ3v) is 4.48. The summed E-state index contributed by atoms with van der Waals surface area (Å²) in [5, 5.41) is 5.58. The van der Waals surface area contributed by atoms with Crippen LogP contribution in [0.2, 0.25) is 0 Å². The molecule has 3 heterocycles. The largest absolute Gasteiger partial charge is 0.467 e. The van der Waals surface area contributed by atoms with Crippen molar-refractivity contribution in [3.63, 3.8) is 0 Å². The van der Waals surface area contributed by atoms with Gasteiger partial charge >= 0.3 is 0 Å². The Labute approximate surface area is 100 Å². The number of rotatable bonds is 1. The fraction of sp³-hybridized carbons (Fsp3) is 0.273. The van der Waals surface area contributed by atoms with Crippen LogP contribution in [0.5, 0.6) is 0 Å². The van der Waals surface area contributed by atoms with E-state index >= 15 is 0 Å². The highest BCUT2D eigenvalue weighted by molar-refractivity contribution is 9.11. The van der Waals surface area contributed by atoms with Gasteiger partial charge in [-0.25, -0.2) is 0 Å². The van der Waals surface area contributed by atoms with Crippen LogP contribution in [0.3, 0.4) is 0 Å². The molecule has 0 aliphatic carbocycles. The standard InChI is InChI=1S/C11H10BrNOS/c12-11-8(3-6-15-11)9-10-7(1-4-13-9)2-5-14-10/h2-3,5-6,9,13H,1,4H2. The predicted molar refractivity (Wildman–Crippen MR) is 64.3 cm³/mol. The van der Waals surface area contributed by atoms with Crippen LogP contribution in [-0.2, 0) is 6.42 Å². The molecule has 0 bridgehead atoms. The lowest BCUT2D eigenvalue weighted by atomic mass is 9.99. The molecule has 2 nitrogen and oxygen atoms in total. The lowest BCUT2D eigenvalue weighted by molar-refractivity contribution is 0.425. The normalized spacial score (nSPS) is 20.2. The summed E-state index contributed by atoms with van der Waals surface area (Å²) in [5.41, 5.74) is 2.60. The van der Waals surface area contributed by atoms with E-state index in [-0.39, 0.29) is 6.04 Å². The molecule has 1 N–H and O–H groups in total. The van der Waals surface area contributed by atoms with Crippen molar-refractivity contribution in [2.45, 2.75) is 12.5 Å². The topological polar surface area (TPSA) is 25.2 Å². The first kappa shape index (κ1) is 9.63. The van der Waals surface area contributed by atoms with Crippen molar-refractivity contribution in [1.82, 2.24) is 5.32 Å². The summed E-state index contributed by atoms with van der Waals surface area (Å²) >= 11 is 5.29. The maximum Gasteiger partial charge on any atom is 0.128 e. The van der Waals surface area contributed by atoms with Crippen LogP contribution in [-0.4, -0.2) is 6.54 Å². The summed E-state index contributed by atoms with van der Waals surface area (Å²) in [5.74, 6) is 1.07. The Bertz CT molecular complexity index is 476. The quantitative estimate of drug-likeness (QED) is 0.869. The lowest BCUT2D eigenvalue weighted by Crippen LogP contribution is -2.29. The van der Waals surface area contributed by atoms with Gasteiger partial charge in [-0.15, -0.1) is 11.3 Å². The molecule has 4 heteroatoms. The Hall–Kier alpha value is -0.580. The second kappa shape index (κ2) is 3.77. The number of hydrogen-bond acceptors (Lipinski definition) is 3. The van der Waals surface area contributed by atoms with Crippen LogP contribution in [0.1, 0.15) is 22.9 Å². The molecule has 0 saturated heterocycles.